The number of carbonyl (C=O) groups is 1. The number of aromatic nitrogens is 1. The average Bonchev–Trinajstić information content (AvgIpc) is 2.15. The van der Waals surface area contributed by atoms with E-state index in [4.69, 9.17) is 10.2 Å². The molecule has 4 nitrogen and oxygen atoms in total. The second-order valence-corrected chi connectivity index (χ2v) is 3.96. The zero-order valence-corrected chi connectivity index (χ0v) is 9.65. The molecule has 8 heteroatoms. The van der Waals surface area contributed by atoms with E-state index >= 15 is 0 Å². The van der Waals surface area contributed by atoms with Gasteiger partial charge in [-0.15, -0.1) is 0 Å². The monoisotopic (exact) mass is 347 g/mol. The van der Waals surface area contributed by atoms with E-state index in [0.717, 1.165) is 12.1 Å². The molecule has 1 atom stereocenters. The minimum absolute atomic E-state index is 0.153. The van der Waals surface area contributed by atoms with E-state index in [2.05, 4.69) is 4.98 Å². The second kappa shape index (κ2) is 4.53. The Kier molecular flexibility index (Phi) is 3.73. The first-order chi connectivity index (χ1) is 7.23. The molecule has 1 heterocycles. The Hall–Kier alpha value is -0.900. The molecular weight excluding hydrogens is 342 g/mol. The summed E-state index contributed by atoms with van der Waals surface area (Å²) in [6, 6.07) is 1.78. The first-order valence-corrected chi connectivity index (χ1v) is 4.96. The number of carboxylic acid groups (broad SMARTS) is 1. The summed E-state index contributed by atoms with van der Waals surface area (Å²) >= 11 is 1.60. The third kappa shape index (κ3) is 2.82. The summed E-state index contributed by atoms with van der Waals surface area (Å²) in [7, 11) is 0. The Morgan fingerprint density at radius 2 is 2.00 bits per heavy atom. The maximum atomic E-state index is 12.3. The highest BCUT2D eigenvalue weighted by Gasteiger charge is 2.34. The highest BCUT2D eigenvalue weighted by molar-refractivity contribution is 14.1. The fraction of sp³-hybridized carbons (Fsp3) is 0.250. The Bertz CT molecular complexity index is 421. The lowest BCUT2D eigenvalue weighted by atomic mass is 10.2. The summed E-state index contributed by atoms with van der Waals surface area (Å²) in [5, 5.41) is 17.6. The van der Waals surface area contributed by atoms with Gasteiger partial charge in [0.1, 0.15) is 5.69 Å². The van der Waals surface area contributed by atoms with Gasteiger partial charge in [0.25, 0.3) is 0 Å². The van der Waals surface area contributed by atoms with E-state index in [9.17, 15) is 18.0 Å². The van der Waals surface area contributed by atoms with Crippen LogP contribution >= 0.6 is 22.6 Å². The van der Waals surface area contributed by atoms with Crippen molar-refractivity contribution in [2.24, 2.45) is 0 Å². The van der Waals surface area contributed by atoms with Crippen molar-refractivity contribution in [3.05, 3.63) is 27.1 Å². The lowest BCUT2D eigenvalue weighted by molar-refractivity contribution is -0.148. The van der Waals surface area contributed by atoms with Gasteiger partial charge in [0.15, 0.2) is 6.10 Å². The van der Waals surface area contributed by atoms with Crippen LogP contribution in [0, 0.1) is 3.57 Å². The Morgan fingerprint density at radius 1 is 1.44 bits per heavy atom. The first kappa shape index (κ1) is 13.2. The molecule has 0 aliphatic heterocycles. The van der Waals surface area contributed by atoms with Crippen LogP contribution in [-0.2, 0) is 11.0 Å². The Morgan fingerprint density at radius 3 is 2.44 bits per heavy atom. The van der Waals surface area contributed by atoms with Gasteiger partial charge in [-0.2, -0.15) is 13.2 Å². The zero-order valence-electron chi connectivity index (χ0n) is 7.49. The standard InChI is InChI=1S/C8H5F3INO3/c9-8(10,11)4-2-1-3(12)5(13-4)6(14)7(15)16/h1-2,6,14H,(H,15,16). The van der Waals surface area contributed by atoms with E-state index in [1.807, 2.05) is 0 Å². The summed E-state index contributed by atoms with van der Waals surface area (Å²) in [5.41, 5.74) is -1.74. The van der Waals surface area contributed by atoms with Gasteiger partial charge in [0, 0.05) is 3.57 Å². The van der Waals surface area contributed by atoms with Gasteiger partial charge in [-0.25, -0.2) is 9.78 Å². The molecule has 0 saturated heterocycles. The fourth-order valence-corrected chi connectivity index (χ4v) is 1.52. The van der Waals surface area contributed by atoms with Gasteiger partial charge in [-0.1, -0.05) is 0 Å². The molecule has 0 radical (unpaired) electrons. The summed E-state index contributed by atoms with van der Waals surface area (Å²) < 4.78 is 37.0. The Labute approximate surface area is 101 Å². The van der Waals surface area contributed by atoms with Crippen LogP contribution in [0.5, 0.6) is 0 Å². The minimum atomic E-state index is -4.67. The fourth-order valence-electron chi connectivity index (χ4n) is 0.925. The van der Waals surface area contributed by atoms with Crippen molar-refractivity contribution in [1.82, 2.24) is 4.98 Å². The van der Waals surface area contributed by atoms with Gasteiger partial charge in [-0.3, -0.25) is 0 Å². The second-order valence-electron chi connectivity index (χ2n) is 2.80. The van der Waals surface area contributed by atoms with Crippen molar-refractivity contribution in [2.45, 2.75) is 12.3 Å². The third-order valence-electron chi connectivity index (χ3n) is 1.66. The van der Waals surface area contributed by atoms with Crippen LogP contribution in [-0.4, -0.2) is 21.2 Å². The van der Waals surface area contributed by atoms with Crippen molar-refractivity contribution in [3.8, 4) is 0 Å². The molecule has 0 aromatic carbocycles. The van der Waals surface area contributed by atoms with Crippen molar-refractivity contribution in [3.63, 3.8) is 0 Å². The smallest absolute Gasteiger partial charge is 0.433 e. The SMILES string of the molecule is O=C(O)C(O)c1nc(C(F)(F)F)ccc1I. The minimum Gasteiger partial charge on any atom is -0.479 e. The van der Waals surface area contributed by atoms with Crippen LogP contribution in [0.4, 0.5) is 13.2 Å². The molecule has 16 heavy (non-hydrogen) atoms. The number of halogens is 4. The molecule has 0 spiro atoms. The number of alkyl halides is 3. The number of hydrogen-bond acceptors (Lipinski definition) is 3. The van der Waals surface area contributed by atoms with Crippen molar-refractivity contribution < 1.29 is 28.2 Å². The number of aliphatic carboxylic acids is 1. The molecule has 88 valence electrons. The third-order valence-corrected chi connectivity index (χ3v) is 2.57. The maximum Gasteiger partial charge on any atom is 0.433 e. The van der Waals surface area contributed by atoms with E-state index in [-0.39, 0.29) is 3.57 Å². The molecule has 0 bridgehead atoms. The summed E-state index contributed by atoms with van der Waals surface area (Å²) in [6.07, 6.45) is -6.73. The molecule has 1 rings (SSSR count). The molecule has 0 aliphatic carbocycles. The van der Waals surface area contributed by atoms with Crippen LogP contribution < -0.4 is 0 Å². The molecule has 1 unspecified atom stereocenters. The zero-order chi connectivity index (χ0) is 12.5. The van der Waals surface area contributed by atoms with Gasteiger partial charge in [0.2, 0.25) is 0 Å². The number of rotatable bonds is 2. The maximum absolute atomic E-state index is 12.3. The van der Waals surface area contributed by atoms with E-state index < -0.39 is 29.6 Å². The van der Waals surface area contributed by atoms with Crippen molar-refractivity contribution in [2.75, 3.05) is 0 Å². The van der Waals surface area contributed by atoms with Gasteiger partial charge in [0.05, 0.1) is 5.69 Å². The number of aliphatic hydroxyl groups is 1. The van der Waals surface area contributed by atoms with Gasteiger partial charge in [-0.05, 0) is 34.7 Å². The highest BCUT2D eigenvalue weighted by atomic mass is 127. The van der Waals surface area contributed by atoms with Crippen LogP contribution in [0.2, 0.25) is 0 Å². The molecule has 1 aromatic rings. The normalized spacial score (nSPS) is 13.6. The van der Waals surface area contributed by atoms with Crippen LogP contribution in [0.25, 0.3) is 0 Å². The number of carboxylic acids is 1. The van der Waals surface area contributed by atoms with Crippen LogP contribution in [0.3, 0.4) is 0 Å². The van der Waals surface area contributed by atoms with Gasteiger partial charge < -0.3 is 10.2 Å². The number of hydrogen-bond donors (Lipinski definition) is 2. The lowest BCUT2D eigenvalue weighted by Gasteiger charge is -2.11. The predicted octanol–water partition coefficient (Wildman–Crippen LogP) is 1.82. The van der Waals surface area contributed by atoms with Crippen molar-refractivity contribution >= 4 is 28.6 Å². The Balaban J connectivity index is 3.24. The first-order valence-electron chi connectivity index (χ1n) is 3.88. The largest absolute Gasteiger partial charge is 0.479 e. The van der Waals surface area contributed by atoms with E-state index in [1.54, 1.807) is 22.6 Å². The lowest BCUT2D eigenvalue weighted by Crippen LogP contribution is -2.17. The van der Waals surface area contributed by atoms with Crippen LogP contribution in [0.1, 0.15) is 17.5 Å². The topological polar surface area (TPSA) is 70.4 Å². The number of nitrogens with zero attached hydrogens (tertiary/aromatic N) is 1. The highest BCUT2D eigenvalue weighted by Crippen LogP contribution is 2.30. The quantitative estimate of drug-likeness (QED) is 0.801. The predicted molar refractivity (Wildman–Crippen MR) is 54.6 cm³/mol. The van der Waals surface area contributed by atoms with E-state index in [1.165, 1.54) is 0 Å². The molecule has 0 saturated carbocycles. The molecule has 1 aromatic heterocycles. The molecule has 2 N–H and O–H groups in total. The average molecular weight is 347 g/mol. The molecule has 0 amide bonds. The van der Waals surface area contributed by atoms with Gasteiger partial charge >= 0.3 is 12.1 Å². The van der Waals surface area contributed by atoms with Crippen LogP contribution in [0.15, 0.2) is 12.1 Å². The molecular formula is C8H5F3INO3. The number of pyridine rings is 1. The van der Waals surface area contributed by atoms with Crippen molar-refractivity contribution in [1.29, 1.82) is 0 Å². The number of aliphatic hydroxyl groups excluding tert-OH is 1. The summed E-state index contributed by atoms with van der Waals surface area (Å²) in [5.74, 6) is -1.65. The van der Waals surface area contributed by atoms with E-state index in [0.29, 0.717) is 0 Å². The molecule has 0 fully saturated rings. The summed E-state index contributed by atoms with van der Waals surface area (Å²) in [6.45, 7) is 0. The summed E-state index contributed by atoms with van der Waals surface area (Å²) in [4.78, 5) is 13.5. The molecule has 0 aliphatic rings.